The molecule has 0 unspecified atom stereocenters. The van der Waals surface area contributed by atoms with Gasteiger partial charge in [-0.25, -0.2) is 0 Å². The van der Waals surface area contributed by atoms with Crippen LogP contribution < -0.4 is 15.8 Å². The zero-order chi connectivity index (χ0) is 20.3. The van der Waals surface area contributed by atoms with Crippen molar-refractivity contribution in [3.63, 3.8) is 0 Å². The first-order valence-corrected chi connectivity index (χ1v) is 9.17. The zero-order valence-corrected chi connectivity index (χ0v) is 15.2. The van der Waals surface area contributed by atoms with Gasteiger partial charge in [0, 0.05) is 23.4 Å². The lowest BCUT2D eigenvalue weighted by Crippen LogP contribution is -2.42. The fourth-order valence-electron chi connectivity index (χ4n) is 3.85. The van der Waals surface area contributed by atoms with Gasteiger partial charge >= 0.3 is 0 Å². The van der Waals surface area contributed by atoms with Gasteiger partial charge in [-0.05, 0) is 17.5 Å². The summed E-state index contributed by atoms with van der Waals surface area (Å²) in [5.74, 6) is -0.797. The number of H-pyrrole nitrogens is 1. The van der Waals surface area contributed by atoms with Crippen molar-refractivity contribution in [3.05, 3.63) is 68.4 Å². The van der Waals surface area contributed by atoms with Crippen molar-refractivity contribution in [1.29, 1.82) is 5.26 Å². The van der Waals surface area contributed by atoms with Gasteiger partial charge in [-0.2, -0.15) is 5.26 Å². The molecule has 10 nitrogen and oxygen atoms in total. The average molecular weight is 406 g/mol. The predicted octanol–water partition coefficient (Wildman–Crippen LogP) is 2.37. The molecular weight excluding hydrogens is 396 g/mol. The van der Waals surface area contributed by atoms with E-state index in [1.165, 1.54) is 29.5 Å². The van der Waals surface area contributed by atoms with E-state index in [0.29, 0.717) is 16.9 Å². The molecule has 0 saturated heterocycles. The smallest absolute Gasteiger partial charge is 0.269 e. The molecule has 4 N–H and O–H groups in total. The molecule has 0 aliphatic carbocycles. The van der Waals surface area contributed by atoms with Crippen LogP contribution in [0.5, 0.6) is 5.88 Å². The van der Waals surface area contributed by atoms with Crippen LogP contribution in [0.4, 0.5) is 11.4 Å². The second kappa shape index (κ2) is 5.66. The molecule has 2 aliphatic heterocycles. The topological polar surface area (TPSA) is 160 Å². The number of aromatic nitrogens is 2. The van der Waals surface area contributed by atoms with Crippen LogP contribution in [0, 0.1) is 21.4 Å². The van der Waals surface area contributed by atoms with E-state index in [1.807, 2.05) is 23.6 Å². The van der Waals surface area contributed by atoms with Gasteiger partial charge in [-0.3, -0.25) is 20.0 Å². The molecule has 0 bridgehead atoms. The summed E-state index contributed by atoms with van der Waals surface area (Å²) in [4.78, 5) is 24.9. The lowest BCUT2D eigenvalue weighted by atomic mass is 9.69. The fourth-order valence-corrected chi connectivity index (χ4v) is 4.58. The third kappa shape index (κ3) is 2.03. The third-order valence-corrected chi connectivity index (χ3v) is 5.91. The quantitative estimate of drug-likeness (QED) is 0.435. The Hall–Kier alpha value is -4.17. The Morgan fingerprint density at radius 2 is 2.21 bits per heavy atom. The monoisotopic (exact) mass is 406 g/mol. The minimum atomic E-state index is -1.72. The minimum Gasteiger partial charge on any atom is -0.420 e. The summed E-state index contributed by atoms with van der Waals surface area (Å²) in [6.45, 7) is 0. The van der Waals surface area contributed by atoms with Crippen LogP contribution in [0.1, 0.15) is 11.1 Å². The molecule has 1 amide bonds. The highest BCUT2D eigenvalue weighted by molar-refractivity contribution is 7.13. The number of nitro groups is 1. The molecule has 0 saturated carbocycles. The molecular formula is C18H10N6O4S. The first-order chi connectivity index (χ1) is 14.0. The molecule has 3 aromatic rings. The number of nitrogens with two attached hydrogens (primary N) is 1. The Labute approximate surface area is 166 Å². The summed E-state index contributed by atoms with van der Waals surface area (Å²) in [6, 6.07) is 9.61. The SMILES string of the molecule is N#CC1=C(N)Oc2n[nH]c(-c3cccs3)c2[C@@]12C(=O)Nc1ccc([N+](=O)[O-])cc12. The number of benzene rings is 1. The number of nitrogens with one attached hydrogen (secondary N) is 2. The maximum absolute atomic E-state index is 13.4. The molecule has 29 heavy (non-hydrogen) atoms. The van der Waals surface area contributed by atoms with Gasteiger partial charge < -0.3 is 15.8 Å². The highest BCUT2D eigenvalue weighted by Crippen LogP contribution is 2.56. The van der Waals surface area contributed by atoms with Crippen molar-refractivity contribution in [2.75, 3.05) is 5.32 Å². The number of nitriles is 1. The molecule has 1 atom stereocenters. The molecule has 2 aliphatic rings. The first kappa shape index (κ1) is 17.0. The van der Waals surface area contributed by atoms with E-state index in [-0.39, 0.29) is 28.6 Å². The Morgan fingerprint density at radius 3 is 2.90 bits per heavy atom. The van der Waals surface area contributed by atoms with Crippen molar-refractivity contribution in [2.45, 2.75) is 5.41 Å². The molecule has 142 valence electrons. The summed E-state index contributed by atoms with van der Waals surface area (Å²) in [7, 11) is 0. The number of aromatic amines is 1. The van der Waals surface area contributed by atoms with Crippen LogP contribution in [-0.4, -0.2) is 21.0 Å². The summed E-state index contributed by atoms with van der Waals surface area (Å²) < 4.78 is 5.53. The highest BCUT2D eigenvalue weighted by atomic mass is 32.1. The minimum absolute atomic E-state index is 0.0411. The molecule has 0 radical (unpaired) electrons. The van der Waals surface area contributed by atoms with E-state index in [1.54, 1.807) is 0 Å². The largest absolute Gasteiger partial charge is 0.420 e. The number of rotatable bonds is 2. The van der Waals surface area contributed by atoms with Crippen LogP contribution >= 0.6 is 11.3 Å². The van der Waals surface area contributed by atoms with Crippen LogP contribution in [0.25, 0.3) is 10.6 Å². The molecule has 5 rings (SSSR count). The third-order valence-electron chi connectivity index (χ3n) is 5.02. The lowest BCUT2D eigenvalue weighted by Gasteiger charge is -2.31. The first-order valence-electron chi connectivity index (χ1n) is 8.29. The number of fused-ring (bicyclic) bond motifs is 4. The summed E-state index contributed by atoms with van der Waals surface area (Å²) in [5, 5.41) is 32.8. The number of nitrogens with zero attached hydrogens (tertiary/aromatic N) is 3. The Bertz CT molecular complexity index is 1290. The van der Waals surface area contributed by atoms with Gasteiger partial charge in [0.25, 0.3) is 5.69 Å². The number of hydrogen-bond acceptors (Lipinski definition) is 8. The molecule has 0 fully saturated rings. The van der Waals surface area contributed by atoms with Crippen LogP contribution in [-0.2, 0) is 10.2 Å². The normalized spacial score (nSPS) is 19.3. The second-order valence-corrected chi connectivity index (χ2v) is 7.35. The number of hydrogen-bond donors (Lipinski definition) is 3. The number of thiophene rings is 1. The highest BCUT2D eigenvalue weighted by Gasteiger charge is 2.59. The Kier molecular flexibility index (Phi) is 3.31. The molecule has 1 spiro atoms. The lowest BCUT2D eigenvalue weighted by molar-refractivity contribution is -0.384. The van der Waals surface area contributed by atoms with E-state index in [4.69, 9.17) is 10.5 Å². The van der Waals surface area contributed by atoms with Gasteiger partial charge in [-0.1, -0.05) is 6.07 Å². The van der Waals surface area contributed by atoms with Gasteiger partial charge in [0.05, 0.1) is 21.1 Å². The number of nitro benzene ring substituents is 1. The van der Waals surface area contributed by atoms with E-state index in [0.717, 1.165) is 4.88 Å². The molecule has 1 aromatic carbocycles. The number of non-ortho nitro benzene ring substituents is 1. The fraction of sp³-hybridized carbons (Fsp3) is 0.0556. The van der Waals surface area contributed by atoms with Crippen molar-refractivity contribution in [2.24, 2.45) is 5.73 Å². The van der Waals surface area contributed by atoms with Crippen molar-refractivity contribution >= 4 is 28.6 Å². The number of carbonyl (C=O) groups is 1. The van der Waals surface area contributed by atoms with E-state index in [2.05, 4.69) is 15.5 Å². The Morgan fingerprint density at radius 1 is 1.38 bits per heavy atom. The number of ether oxygens (including phenoxy) is 1. The summed E-state index contributed by atoms with van der Waals surface area (Å²) >= 11 is 1.40. The number of carbonyl (C=O) groups excluding carboxylic acids is 1. The van der Waals surface area contributed by atoms with Crippen molar-refractivity contribution in [3.8, 4) is 22.5 Å². The maximum Gasteiger partial charge on any atom is 0.269 e. The maximum atomic E-state index is 13.4. The zero-order valence-electron chi connectivity index (χ0n) is 14.4. The van der Waals surface area contributed by atoms with Gasteiger partial charge in [-0.15, -0.1) is 16.4 Å². The Balaban J connectivity index is 1.92. The average Bonchev–Trinajstić information content (AvgIpc) is 3.41. The van der Waals surface area contributed by atoms with Gasteiger partial charge in [0.15, 0.2) is 0 Å². The van der Waals surface area contributed by atoms with Crippen LogP contribution in [0.3, 0.4) is 0 Å². The van der Waals surface area contributed by atoms with Crippen LogP contribution in [0.2, 0.25) is 0 Å². The summed E-state index contributed by atoms with van der Waals surface area (Å²) in [5.41, 5.74) is 5.26. The number of anilines is 1. The van der Waals surface area contributed by atoms with Gasteiger partial charge in [0.1, 0.15) is 17.1 Å². The van der Waals surface area contributed by atoms with E-state index < -0.39 is 16.2 Å². The van der Waals surface area contributed by atoms with E-state index in [9.17, 15) is 20.2 Å². The molecule has 2 aromatic heterocycles. The van der Waals surface area contributed by atoms with Crippen molar-refractivity contribution in [1.82, 2.24) is 10.2 Å². The van der Waals surface area contributed by atoms with E-state index >= 15 is 0 Å². The predicted molar refractivity (Wildman–Crippen MR) is 102 cm³/mol. The number of amides is 1. The molecule has 4 heterocycles. The standard InChI is InChI=1S/C18H10N6O4S/c19-7-10-15(20)28-16-13(14(22-23-16)12-2-1-5-29-12)18(10)9-6-8(24(26)27)3-4-11(9)21-17(18)25/h1-6H,20H2,(H,21,25)(H,22,23)/t18-/m0/s1. The van der Waals surface area contributed by atoms with Crippen LogP contribution in [0.15, 0.2) is 47.2 Å². The summed E-state index contributed by atoms with van der Waals surface area (Å²) in [6.07, 6.45) is 0. The van der Waals surface area contributed by atoms with Crippen molar-refractivity contribution < 1.29 is 14.5 Å². The van der Waals surface area contributed by atoms with Gasteiger partial charge in [0.2, 0.25) is 17.7 Å². The molecule has 11 heteroatoms. The second-order valence-electron chi connectivity index (χ2n) is 6.40.